The van der Waals surface area contributed by atoms with Crippen LogP contribution < -0.4 is 20.6 Å². The van der Waals surface area contributed by atoms with E-state index in [0.717, 1.165) is 16.9 Å². The van der Waals surface area contributed by atoms with Crippen molar-refractivity contribution < 1.29 is 14.3 Å². The molecule has 8 heteroatoms. The van der Waals surface area contributed by atoms with E-state index in [1.807, 2.05) is 19.9 Å². The van der Waals surface area contributed by atoms with Gasteiger partial charge in [0.15, 0.2) is 16.6 Å². The second kappa shape index (κ2) is 8.30. The van der Waals surface area contributed by atoms with E-state index >= 15 is 0 Å². The molecular weight excluding hydrogens is 328 g/mol. The van der Waals surface area contributed by atoms with Gasteiger partial charge in [0.25, 0.3) is 5.91 Å². The van der Waals surface area contributed by atoms with Crippen LogP contribution in [0.3, 0.4) is 0 Å². The Hall–Kier alpha value is -2.61. The van der Waals surface area contributed by atoms with Crippen molar-refractivity contribution >= 4 is 28.6 Å². The average molecular weight is 348 g/mol. The van der Waals surface area contributed by atoms with Gasteiger partial charge in [-0.25, -0.2) is 10.4 Å². The van der Waals surface area contributed by atoms with Crippen molar-refractivity contribution in [3.63, 3.8) is 0 Å². The Morgan fingerprint density at radius 1 is 1.42 bits per heavy atom. The normalized spacial score (nSPS) is 10.8. The van der Waals surface area contributed by atoms with Gasteiger partial charge >= 0.3 is 0 Å². The lowest BCUT2D eigenvalue weighted by atomic mass is 10.2. The average Bonchev–Trinajstić information content (AvgIpc) is 2.97. The largest absolute Gasteiger partial charge is 0.493 e. The fraction of sp³-hybridized carbons (Fsp3) is 0.312. The third-order valence-electron chi connectivity index (χ3n) is 3.12. The summed E-state index contributed by atoms with van der Waals surface area (Å²) in [7, 11) is 1.57. The Balaban J connectivity index is 2.07. The Morgan fingerprint density at radius 2 is 2.21 bits per heavy atom. The Kier molecular flexibility index (Phi) is 6.14. The van der Waals surface area contributed by atoms with E-state index in [4.69, 9.17) is 15.2 Å². The molecule has 3 N–H and O–H groups in total. The summed E-state index contributed by atoms with van der Waals surface area (Å²) in [5, 5.41) is 4.34. The van der Waals surface area contributed by atoms with E-state index in [1.165, 1.54) is 6.21 Å². The van der Waals surface area contributed by atoms with Crippen LogP contribution in [0.2, 0.25) is 0 Å². The van der Waals surface area contributed by atoms with Gasteiger partial charge in [-0.3, -0.25) is 4.79 Å². The molecule has 7 nitrogen and oxygen atoms in total. The van der Waals surface area contributed by atoms with E-state index in [-0.39, 0.29) is 5.91 Å². The van der Waals surface area contributed by atoms with Gasteiger partial charge < -0.3 is 15.2 Å². The first-order valence-electron chi connectivity index (χ1n) is 7.48. The molecule has 0 aliphatic rings. The number of methoxy groups -OCH3 is 1. The van der Waals surface area contributed by atoms with Crippen molar-refractivity contribution in [1.82, 2.24) is 10.4 Å². The second-order valence-corrected chi connectivity index (χ2v) is 5.75. The minimum atomic E-state index is -0.324. The molecule has 1 aromatic carbocycles. The third kappa shape index (κ3) is 4.23. The molecule has 2 rings (SSSR count). The molecule has 0 radical (unpaired) electrons. The van der Waals surface area contributed by atoms with Gasteiger partial charge in [-0.1, -0.05) is 18.3 Å². The van der Waals surface area contributed by atoms with Crippen LogP contribution in [0.5, 0.6) is 11.5 Å². The maximum atomic E-state index is 12.1. The molecule has 128 valence electrons. The number of thiazole rings is 1. The highest BCUT2D eigenvalue weighted by atomic mass is 32.1. The summed E-state index contributed by atoms with van der Waals surface area (Å²) in [4.78, 5) is 16.7. The number of anilines is 1. The van der Waals surface area contributed by atoms with E-state index in [0.29, 0.717) is 40.2 Å². The Labute approximate surface area is 144 Å². The van der Waals surface area contributed by atoms with Crippen LogP contribution >= 0.6 is 11.3 Å². The smallest absolute Gasteiger partial charge is 0.283 e. The number of benzene rings is 1. The summed E-state index contributed by atoms with van der Waals surface area (Å²) >= 11 is 1.15. The van der Waals surface area contributed by atoms with Crippen LogP contribution in [0.1, 0.15) is 34.8 Å². The molecule has 1 heterocycles. The Bertz CT molecular complexity index is 743. The van der Waals surface area contributed by atoms with E-state index in [2.05, 4.69) is 15.5 Å². The van der Waals surface area contributed by atoms with Crippen molar-refractivity contribution in [2.24, 2.45) is 5.10 Å². The number of hydrazone groups is 1. The monoisotopic (exact) mass is 348 g/mol. The van der Waals surface area contributed by atoms with Crippen LogP contribution in [-0.2, 0) is 6.42 Å². The number of ether oxygens (including phenoxy) is 2. The molecule has 1 aromatic heterocycles. The number of nitrogens with one attached hydrogen (secondary N) is 1. The number of aryl methyl sites for hydroxylation is 1. The number of hydrogen-bond acceptors (Lipinski definition) is 7. The van der Waals surface area contributed by atoms with Gasteiger partial charge in [-0.05, 0) is 37.1 Å². The summed E-state index contributed by atoms with van der Waals surface area (Å²) in [5.41, 5.74) is 9.58. The number of nitrogen functional groups attached to an aromatic ring is 1. The van der Waals surface area contributed by atoms with E-state index in [9.17, 15) is 4.79 Å². The topological polar surface area (TPSA) is 98.8 Å². The molecule has 0 fully saturated rings. The number of nitrogens with two attached hydrogens (primary N) is 1. The third-order valence-corrected chi connectivity index (χ3v) is 4.05. The van der Waals surface area contributed by atoms with Crippen molar-refractivity contribution in [2.45, 2.75) is 20.3 Å². The van der Waals surface area contributed by atoms with Crippen LogP contribution in [0, 0.1) is 0 Å². The minimum Gasteiger partial charge on any atom is -0.493 e. The molecule has 0 saturated carbocycles. The first kappa shape index (κ1) is 17.7. The highest BCUT2D eigenvalue weighted by Crippen LogP contribution is 2.27. The number of carbonyl (C=O) groups is 1. The highest BCUT2D eigenvalue weighted by Gasteiger charge is 2.15. The zero-order chi connectivity index (χ0) is 17.5. The summed E-state index contributed by atoms with van der Waals surface area (Å²) in [6.45, 7) is 4.37. The molecule has 2 aromatic rings. The maximum absolute atomic E-state index is 12.1. The van der Waals surface area contributed by atoms with Crippen LogP contribution in [0.4, 0.5) is 5.13 Å². The molecule has 0 spiro atoms. The molecule has 1 amide bonds. The lowest BCUT2D eigenvalue weighted by Gasteiger charge is -2.09. The predicted molar refractivity (Wildman–Crippen MR) is 95.1 cm³/mol. The number of hydrogen-bond donors (Lipinski definition) is 2. The minimum absolute atomic E-state index is 0.324. The molecule has 0 aliphatic carbocycles. The molecular formula is C16H20N4O3S. The maximum Gasteiger partial charge on any atom is 0.283 e. The second-order valence-electron chi connectivity index (χ2n) is 4.72. The standard InChI is InChI=1S/C16H20N4O3S/c1-4-11-14(24-16(17)19-11)15(21)20-18-9-10-6-7-12(23-5-2)13(8-10)22-3/h6-9H,4-5H2,1-3H3,(H2,17,19)(H,20,21). The summed E-state index contributed by atoms with van der Waals surface area (Å²) < 4.78 is 10.7. The number of nitrogens with zero attached hydrogens (tertiary/aromatic N) is 2. The lowest BCUT2D eigenvalue weighted by molar-refractivity contribution is 0.0958. The van der Waals surface area contributed by atoms with Gasteiger partial charge in [-0.2, -0.15) is 5.10 Å². The van der Waals surface area contributed by atoms with Gasteiger partial charge in [0, 0.05) is 0 Å². The van der Waals surface area contributed by atoms with Gasteiger partial charge in [0.2, 0.25) is 0 Å². The number of amides is 1. The van der Waals surface area contributed by atoms with Gasteiger partial charge in [0.1, 0.15) is 4.88 Å². The Morgan fingerprint density at radius 3 is 2.88 bits per heavy atom. The highest BCUT2D eigenvalue weighted by molar-refractivity contribution is 7.17. The van der Waals surface area contributed by atoms with Gasteiger partial charge in [-0.15, -0.1) is 0 Å². The zero-order valence-electron chi connectivity index (χ0n) is 13.8. The van der Waals surface area contributed by atoms with Crippen molar-refractivity contribution in [3.8, 4) is 11.5 Å². The van der Waals surface area contributed by atoms with E-state index < -0.39 is 0 Å². The van der Waals surface area contributed by atoms with Crippen molar-refractivity contribution in [1.29, 1.82) is 0 Å². The molecule has 0 atom stereocenters. The number of aromatic nitrogens is 1. The fourth-order valence-electron chi connectivity index (χ4n) is 2.04. The molecule has 0 aliphatic heterocycles. The van der Waals surface area contributed by atoms with Gasteiger partial charge in [0.05, 0.1) is 25.6 Å². The van der Waals surface area contributed by atoms with Crippen LogP contribution in [0.15, 0.2) is 23.3 Å². The molecule has 0 bridgehead atoms. The predicted octanol–water partition coefficient (Wildman–Crippen LogP) is 2.46. The summed E-state index contributed by atoms with van der Waals surface area (Å²) in [6, 6.07) is 5.40. The number of carbonyl (C=O) groups excluding carboxylic acids is 1. The number of rotatable bonds is 7. The zero-order valence-corrected chi connectivity index (χ0v) is 14.6. The molecule has 24 heavy (non-hydrogen) atoms. The van der Waals surface area contributed by atoms with Crippen molar-refractivity contribution in [2.75, 3.05) is 19.5 Å². The molecule has 0 unspecified atom stereocenters. The lowest BCUT2D eigenvalue weighted by Crippen LogP contribution is -2.17. The van der Waals surface area contributed by atoms with Crippen LogP contribution in [-0.4, -0.2) is 30.8 Å². The van der Waals surface area contributed by atoms with E-state index in [1.54, 1.807) is 19.2 Å². The quantitative estimate of drug-likeness (QED) is 0.591. The molecule has 0 saturated heterocycles. The summed E-state index contributed by atoms with van der Waals surface area (Å²) in [6.07, 6.45) is 2.17. The first-order chi connectivity index (χ1) is 11.6. The van der Waals surface area contributed by atoms with Crippen LogP contribution in [0.25, 0.3) is 0 Å². The first-order valence-corrected chi connectivity index (χ1v) is 8.30. The van der Waals surface area contributed by atoms with Crippen molar-refractivity contribution in [3.05, 3.63) is 34.3 Å². The fourth-order valence-corrected chi connectivity index (χ4v) is 2.85. The SMILES string of the molecule is CCOc1ccc(C=NNC(=O)c2sc(N)nc2CC)cc1OC. The summed E-state index contributed by atoms with van der Waals surface area (Å²) in [5.74, 6) is 0.944.